The number of amides is 1. The van der Waals surface area contributed by atoms with Gasteiger partial charge in [-0.1, -0.05) is 6.58 Å². The number of hydrogen-bond donors (Lipinski definition) is 1. The maximum absolute atomic E-state index is 11.9. The van der Waals surface area contributed by atoms with Crippen LogP contribution in [0.2, 0.25) is 0 Å². The third kappa shape index (κ3) is 3.38. The largest absolute Gasteiger partial charge is 0.353 e. The Morgan fingerprint density at radius 2 is 2.00 bits per heavy atom. The Hall–Kier alpha value is -3.22. The molecule has 31 heavy (non-hydrogen) atoms. The van der Waals surface area contributed by atoms with E-state index < -0.39 is 0 Å². The average Bonchev–Trinajstić information content (AvgIpc) is 3.26. The van der Waals surface area contributed by atoms with Gasteiger partial charge in [-0.2, -0.15) is 0 Å². The molecule has 1 aromatic carbocycles. The number of carbonyl (C=O) groups excluding carboxylic acids is 1. The number of piperazine rings is 1. The van der Waals surface area contributed by atoms with Crippen LogP contribution < -0.4 is 4.90 Å². The van der Waals surface area contributed by atoms with E-state index >= 15 is 0 Å². The summed E-state index contributed by atoms with van der Waals surface area (Å²) < 4.78 is 0. The number of anilines is 1. The highest BCUT2D eigenvalue weighted by atomic mass is 16.2. The van der Waals surface area contributed by atoms with Gasteiger partial charge in [-0.05, 0) is 67.9 Å². The average molecular weight is 417 g/mol. The standard InChI is InChI=1S/C24H28N6O/c1-4-21(31)29-7-9-30(10-8-29)24-18-6-5-17(12-19(18)25-14-28-24)22-16(3)15(2)11-20-23(22)27-13-26-20/h4,11,13-14,17H,1,5-10,12H2,2-3H3,(H,26,27)/t17-/m0/s1. The fourth-order valence-electron chi connectivity index (χ4n) is 5.15. The van der Waals surface area contributed by atoms with Crippen LogP contribution in [0.25, 0.3) is 11.0 Å². The van der Waals surface area contributed by atoms with Crippen LogP contribution in [0.1, 0.15) is 40.3 Å². The number of fused-ring (bicyclic) bond motifs is 2. The van der Waals surface area contributed by atoms with Gasteiger partial charge in [0.1, 0.15) is 12.1 Å². The number of nitrogens with one attached hydrogen (secondary N) is 1. The molecule has 1 atom stereocenters. The van der Waals surface area contributed by atoms with Gasteiger partial charge in [0.05, 0.1) is 17.4 Å². The minimum Gasteiger partial charge on any atom is -0.353 e. The summed E-state index contributed by atoms with van der Waals surface area (Å²) in [5.74, 6) is 1.45. The number of carbonyl (C=O) groups is 1. The molecule has 160 valence electrons. The summed E-state index contributed by atoms with van der Waals surface area (Å²) in [5.41, 5.74) is 8.62. The van der Waals surface area contributed by atoms with Crippen LogP contribution >= 0.6 is 0 Å². The lowest BCUT2D eigenvalue weighted by Gasteiger charge is -2.37. The fourth-order valence-corrected chi connectivity index (χ4v) is 5.15. The molecule has 2 aromatic heterocycles. The number of imidazole rings is 1. The lowest BCUT2D eigenvalue weighted by atomic mass is 9.79. The number of aryl methyl sites for hydroxylation is 1. The summed E-state index contributed by atoms with van der Waals surface area (Å²) >= 11 is 0. The van der Waals surface area contributed by atoms with Crippen molar-refractivity contribution in [1.82, 2.24) is 24.8 Å². The minimum atomic E-state index is 0.00501. The lowest BCUT2D eigenvalue weighted by Crippen LogP contribution is -2.49. The van der Waals surface area contributed by atoms with Gasteiger partial charge in [0.2, 0.25) is 5.91 Å². The third-order valence-electron chi connectivity index (χ3n) is 6.95. The Bertz CT molecular complexity index is 1160. The van der Waals surface area contributed by atoms with Crippen LogP contribution in [-0.4, -0.2) is 56.9 Å². The Morgan fingerprint density at radius 1 is 1.19 bits per heavy atom. The van der Waals surface area contributed by atoms with E-state index in [4.69, 9.17) is 0 Å². The second kappa shape index (κ2) is 7.80. The zero-order valence-corrected chi connectivity index (χ0v) is 18.2. The number of nitrogens with zero attached hydrogens (tertiary/aromatic N) is 5. The summed E-state index contributed by atoms with van der Waals surface area (Å²) in [6, 6.07) is 2.19. The summed E-state index contributed by atoms with van der Waals surface area (Å²) in [6.07, 6.45) is 7.82. The van der Waals surface area contributed by atoms with E-state index in [-0.39, 0.29) is 5.91 Å². The number of aromatic amines is 1. The van der Waals surface area contributed by atoms with Crippen molar-refractivity contribution < 1.29 is 4.79 Å². The molecule has 1 saturated heterocycles. The van der Waals surface area contributed by atoms with Crippen molar-refractivity contribution in [3.63, 3.8) is 0 Å². The first kappa shape index (κ1) is 19.7. The van der Waals surface area contributed by atoms with E-state index in [0.29, 0.717) is 19.0 Å². The van der Waals surface area contributed by atoms with Crippen molar-refractivity contribution in [2.75, 3.05) is 31.1 Å². The smallest absolute Gasteiger partial charge is 0.246 e. The molecule has 7 nitrogen and oxygen atoms in total. The molecule has 1 amide bonds. The molecule has 3 aromatic rings. The molecule has 2 aliphatic rings. The summed E-state index contributed by atoms with van der Waals surface area (Å²) in [7, 11) is 0. The molecule has 1 N–H and O–H groups in total. The molecule has 1 fully saturated rings. The maximum atomic E-state index is 11.9. The molecule has 0 bridgehead atoms. The molecule has 3 heterocycles. The molecule has 7 heteroatoms. The first-order valence-corrected chi connectivity index (χ1v) is 11.0. The highest BCUT2D eigenvalue weighted by Gasteiger charge is 2.30. The van der Waals surface area contributed by atoms with Gasteiger partial charge in [0.25, 0.3) is 0 Å². The Labute approximate surface area is 182 Å². The number of benzene rings is 1. The van der Waals surface area contributed by atoms with Crippen LogP contribution in [0.5, 0.6) is 0 Å². The van der Waals surface area contributed by atoms with Gasteiger partial charge in [-0.25, -0.2) is 15.0 Å². The zero-order chi connectivity index (χ0) is 21.5. The molecule has 1 aliphatic heterocycles. The summed E-state index contributed by atoms with van der Waals surface area (Å²) in [4.78, 5) is 33.3. The minimum absolute atomic E-state index is 0.00501. The van der Waals surface area contributed by atoms with Gasteiger partial charge in [-0.3, -0.25) is 4.79 Å². The van der Waals surface area contributed by atoms with Gasteiger partial charge in [0.15, 0.2) is 0 Å². The van der Waals surface area contributed by atoms with Gasteiger partial charge < -0.3 is 14.8 Å². The highest BCUT2D eigenvalue weighted by molar-refractivity contribution is 5.87. The molecule has 1 aliphatic carbocycles. The Balaban J connectivity index is 1.42. The van der Waals surface area contributed by atoms with Crippen LogP contribution in [0.15, 0.2) is 31.4 Å². The van der Waals surface area contributed by atoms with E-state index in [1.54, 1.807) is 12.7 Å². The Kier molecular flexibility index (Phi) is 4.96. The number of rotatable bonds is 3. The van der Waals surface area contributed by atoms with Crippen molar-refractivity contribution in [1.29, 1.82) is 0 Å². The normalized spacial score (nSPS) is 18.8. The number of hydrogen-bond acceptors (Lipinski definition) is 5. The van der Waals surface area contributed by atoms with E-state index in [2.05, 4.69) is 51.3 Å². The SMILES string of the molecule is C=CC(=O)N1CCN(c2ncnc3c2CC[C@H](c2c(C)c(C)cc4[nH]cnc24)C3)CC1. The van der Waals surface area contributed by atoms with Crippen LogP contribution in [0, 0.1) is 13.8 Å². The summed E-state index contributed by atoms with van der Waals surface area (Å²) in [5, 5.41) is 0. The molecule has 5 rings (SSSR count). The lowest BCUT2D eigenvalue weighted by molar-refractivity contribution is -0.126. The fraction of sp³-hybridized carbons (Fsp3) is 0.417. The van der Waals surface area contributed by atoms with Crippen LogP contribution in [-0.2, 0) is 17.6 Å². The topological polar surface area (TPSA) is 78.0 Å². The van der Waals surface area contributed by atoms with Crippen molar-refractivity contribution in [2.24, 2.45) is 0 Å². The van der Waals surface area contributed by atoms with E-state index in [1.165, 1.54) is 28.3 Å². The van der Waals surface area contributed by atoms with Crippen molar-refractivity contribution in [2.45, 2.75) is 39.0 Å². The quantitative estimate of drug-likeness (QED) is 0.664. The Morgan fingerprint density at radius 3 is 2.77 bits per heavy atom. The first-order chi connectivity index (χ1) is 15.1. The molecule has 0 unspecified atom stereocenters. The van der Waals surface area contributed by atoms with E-state index in [1.807, 2.05) is 4.90 Å². The van der Waals surface area contributed by atoms with Crippen molar-refractivity contribution in [3.8, 4) is 0 Å². The predicted octanol–water partition coefficient (Wildman–Crippen LogP) is 3.08. The zero-order valence-electron chi connectivity index (χ0n) is 18.2. The highest BCUT2D eigenvalue weighted by Crippen LogP contribution is 2.39. The first-order valence-electron chi connectivity index (χ1n) is 11.0. The molecular weight excluding hydrogens is 388 g/mol. The van der Waals surface area contributed by atoms with Crippen LogP contribution in [0.4, 0.5) is 5.82 Å². The maximum Gasteiger partial charge on any atom is 0.246 e. The summed E-state index contributed by atoms with van der Waals surface area (Å²) in [6.45, 7) is 11.0. The van der Waals surface area contributed by atoms with Crippen molar-refractivity contribution >= 4 is 22.8 Å². The molecular formula is C24H28N6O. The predicted molar refractivity (Wildman–Crippen MR) is 121 cm³/mol. The monoisotopic (exact) mass is 416 g/mol. The molecule has 0 radical (unpaired) electrons. The number of H-pyrrole nitrogens is 1. The van der Waals surface area contributed by atoms with E-state index in [9.17, 15) is 4.79 Å². The van der Waals surface area contributed by atoms with Gasteiger partial charge in [0, 0.05) is 37.4 Å². The van der Waals surface area contributed by atoms with Gasteiger partial charge >= 0.3 is 0 Å². The number of aromatic nitrogens is 4. The second-order valence-electron chi connectivity index (χ2n) is 8.61. The van der Waals surface area contributed by atoms with E-state index in [0.717, 1.165) is 54.9 Å². The molecule has 0 spiro atoms. The van der Waals surface area contributed by atoms with Gasteiger partial charge in [-0.15, -0.1) is 0 Å². The second-order valence-corrected chi connectivity index (χ2v) is 8.61. The van der Waals surface area contributed by atoms with Crippen LogP contribution in [0.3, 0.4) is 0 Å². The third-order valence-corrected chi connectivity index (χ3v) is 6.95. The molecule has 0 saturated carbocycles. The van der Waals surface area contributed by atoms with Crippen molar-refractivity contribution in [3.05, 3.63) is 59.3 Å².